The fraction of sp³-hybridized carbons (Fsp3) is 0.250. The van der Waals surface area contributed by atoms with Gasteiger partial charge < -0.3 is 9.80 Å². The van der Waals surface area contributed by atoms with Crippen molar-refractivity contribution in [2.75, 3.05) is 41.3 Å². The second kappa shape index (κ2) is 9.27. The number of fused-ring (bicyclic) bond motifs is 3. The Balaban J connectivity index is 0.00000160. The molecule has 4 rings (SSSR count). The highest BCUT2D eigenvalue weighted by molar-refractivity contribution is 6.21. The molecule has 0 amide bonds. The summed E-state index contributed by atoms with van der Waals surface area (Å²) in [6.45, 7) is 0.772. The predicted molar refractivity (Wildman–Crippen MR) is 129 cm³/mol. The summed E-state index contributed by atoms with van der Waals surface area (Å²) in [5.41, 5.74) is 5.91. The maximum Gasteiger partial charge on any atom is 0.177 e. The van der Waals surface area contributed by atoms with E-state index in [0.717, 1.165) is 44.2 Å². The molecular weight excluding hydrogens is 419 g/mol. The van der Waals surface area contributed by atoms with E-state index in [-0.39, 0.29) is 36.4 Å². The van der Waals surface area contributed by atoms with Crippen molar-refractivity contribution in [3.05, 3.63) is 59.7 Å². The monoisotopic (exact) mass is 444 g/mol. The van der Waals surface area contributed by atoms with Crippen molar-refractivity contribution in [3.8, 4) is 22.3 Å². The Kier molecular flexibility index (Phi) is 7.43. The van der Waals surface area contributed by atoms with Crippen LogP contribution >= 0.6 is 24.8 Å². The molecule has 3 aromatic rings. The number of carbonyl (C=O) groups excluding carboxylic acids is 2. The van der Waals surface area contributed by atoms with Crippen LogP contribution in [-0.4, -0.2) is 62.6 Å². The third-order valence-electron chi connectivity index (χ3n) is 5.18. The van der Waals surface area contributed by atoms with Gasteiger partial charge in [0.1, 0.15) is 0 Å². The second-order valence-electron chi connectivity index (χ2n) is 7.97. The average Bonchev–Trinajstić information content (AvgIpc) is 2.96. The van der Waals surface area contributed by atoms with E-state index in [0.29, 0.717) is 13.1 Å². The highest BCUT2D eigenvalue weighted by Gasteiger charge is 2.25. The Morgan fingerprint density at radius 1 is 0.700 bits per heavy atom. The molecule has 30 heavy (non-hydrogen) atoms. The topological polar surface area (TPSA) is 40.6 Å². The van der Waals surface area contributed by atoms with E-state index in [1.165, 1.54) is 0 Å². The first kappa shape index (κ1) is 24.0. The summed E-state index contributed by atoms with van der Waals surface area (Å²) in [4.78, 5) is 29.0. The highest BCUT2D eigenvalue weighted by Crippen LogP contribution is 2.48. The molecule has 0 fully saturated rings. The summed E-state index contributed by atoms with van der Waals surface area (Å²) in [6, 6.07) is 16.0. The SMILES string of the molecule is CN(C)CC(=O)c1ccc2c(c1)-c1ccc(C(=O)CN(C)C)c3cccc-2c13.Cl.Cl. The van der Waals surface area contributed by atoms with Gasteiger partial charge in [-0.2, -0.15) is 0 Å². The molecule has 0 saturated heterocycles. The molecule has 0 bridgehead atoms. The van der Waals surface area contributed by atoms with Crippen LogP contribution in [-0.2, 0) is 0 Å². The van der Waals surface area contributed by atoms with E-state index >= 15 is 0 Å². The largest absolute Gasteiger partial charge is 0.302 e. The smallest absolute Gasteiger partial charge is 0.177 e. The van der Waals surface area contributed by atoms with Crippen molar-refractivity contribution in [2.24, 2.45) is 0 Å². The van der Waals surface area contributed by atoms with Crippen LogP contribution < -0.4 is 0 Å². The third kappa shape index (κ3) is 4.14. The molecule has 0 radical (unpaired) electrons. The fourth-order valence-corrected chi connectivity index (χ4v) is 4.03. The van der Waals surface area contributed by atoms with Crippen molar-refractivity contribution >= 4 is 47.2 Å². The first-order chi connectivity index (χ1) is 13.4. The molecule has 0 spiro atoms. The molecule has 1 aliphatic carbocycles. The van der Waals surface area contributed by atoms with E-state index in [4.69, 9.17) is 0 Å². The molecule has 6 heteroatoms. The van der Waals surface area contributed by atoms with Gasteiger partial charge in [0.15, 0.2) is 11.6 Å². The van der Waals surface area contributed by atoms with Gasteiger partial charge >= 0.3 is 0 Å². The van der Waals surface area contributed by atoms with Crippen LogP contribution in [0, 0.1) is 0 Å². The maximum absolute atomic E-state index is 12.7. The average molecular weight is 445 g/mol. The molecule has 0 atom stereocenters. The number of hydrogen-bond donors (Lipinski definition) is 0. The number of benzene rings is 3. The van der Waals surface area contributed by atoms with Crippen molar-refractivity contribution in [3.63, 3.8) is 0 Å². The number of rotatable bonds is 6. The Bertz CT molecular complexity index is 1120. The Morgan fingerprint density at radius 3 is 1.97 bits per heavy atom. The van der Waals surface area contributed by atoms with Crippen LogP contribution in [0.15, 0.2) is 48.5 Å². The van der Waals surface area contributed by atoms with Gasteiger partial charge in [0.25, 0.3) is 0 Å². The summed E-state index contributed by atoms with van der Waals surface area (Å²) in [6.07, 6.45) is 0. The van der Waals surface area contributed by atoms with Gasteiger partial charge in [-0.15, -0.1) is 24.8 Å². The van der Waals surface area contributed by atoms with Crippen LogP contribution in [0.1, 0.15) is 20.7 Å². The minimum Gasteiger partial charge on any atom is -0.302 e. The Hall–Kier alpha value is -2.24. The molecule has 1 aliphatic rings. The van der Waals surface area contributed by atoms with Crippen molar-refractivity contribution in [1.82, 2.24) is 9.80 Å². The Labute approximate surface area is 189 Å². The van der Waals surface area contributed by atoms with Gasteiger partial charge in [-0.25, -0.2) is 0 Å². The van der Waals surface area contributed by atoms with Gasteiger partial charge in [-0.05, 0) is 67.3 Å². The van der Waals surface area contributed by atoms with Crippen LogP contribution in [0.3, 0.4) is 0 Å². The van der Waals surface area contributed by atoms with Gasteiger partial charge in [-0.3, -0.25) is 9.59 Å². The van der Waals surface area contributed by atoms with Crippen LogP contribution in [0.4, 0.5) is 0 Å². The molecule has 0 heterocycles. The zero-order valence-electron chi connectivity index (χ0n) is 17.6. The quantitative estimate of drug-likeness (QED) is 0.399. The van der Waals surface area contributed by atoms with E-state index in [1.54, 1.807) is 0 Å². The summed E-state index contributed by atoms with van der Waals surface area (Å²) in [5, 5.41) is 2.10. The van der Waals surface area contributed by atoms with Crippen LogP contribution in [0.5, 0.6) is 0 Å². The number of carbonyl (C=O) groups is 2. The number of likely N-dealkylation sites (N-methyl/N-ethyl adjacent to an activating group) is 2. The number of ketones is 2. The van der Waals surface area contributed by atoms with Crippen molar-refractivity contribution < 1.29 is 9.59 Å². The van der Waals surface area contributed by atoms with Crippen molar-refractivity contribution in [1.29, 1.82) is 0 Å². The number of Topliss-reactive ketones (excluding diaryl/α,β-unsaturated/α-hetero) is 2. The lowest BCUT2D eigenvalue weighted by Gasteiger charge is -2.12. The first-order valence-electron chi connectivity index (χ1n) is 9.43. The molecule has 3 aromatic carbocycles. The van der Waals surface area contributed by atoms with Gasteiger partial charge in [-0.1, -0.05) is 42.5 Å². The summed E-state index contributed by atoms with van der Waals surface area (Å²) in [7, 11) is 7.60. The van der Waals surface area contributed by atoms with Crippen molar-refractivity contribution in [2.45, 2.75) is 0 Å². The molecule has 0 saturated carbocycles. The lowest BCUT2D eigenvalue weighted by atomic mass is 9.96. The minimum atomic E-state index is 0. The minimum absolute atomic E-state index is 0. The highest BCUT2D eigenvalue weighted by atomic mass is 35.5. The van der Waals surface area contributed by atoms with Crippen LogP contribution in [0.25, 0.3) is 33.0 Å². The third-order valence-corrected chi connectivity index (χ3v) is 5.18. The standard InChI is InChI=1S/C24H24N2O2.2ClH/c1-25(2)13-22(27)15-8-9-16-18-6-5-7-19-17(23(28)14-26(3)4)10-11-20(24(18)19)21(16)12-15;;/h5-12H,13-14H2,1-4H3;2*1H. The van der Waals surface area contributed by atoms with Gasteiger partial charge in [0, 0.05) is 11.1 Å². The molecule has 0 aromatic heterocycles. The number of halogens is 2. The molecule has 4 nitrogen and oxygen atoms in total. The molecule has 0 aliphatic heterocycles. The number of hydrogen-bond acceptors (Lipinski definition) is 4. The second-order valence-corrected chi connectivity index (χ2v) is 7.97. The van der Waals surface area contributed by atoms with E-state index in [9.17, 15) is 9.59 Å². The first-order valence-corrected chi connectivity index (χ1v) is 9.43. The van der Waals surface area contributed by atoms with Gasteiger partial charge in [0.05, 0.1) is 13.1 Å². The zero-order valence-corrected chi connectivity index (χ0v) is 19.2. The van der Waals surface area contributed by atoms with Gasteiger partial charge in [0.2, 0.25) is 0 Å². The molecule has 0 unspecified atom stereocenters. The molecule has 0 N–H and O–H groups in total. The van der Waals surface area contributed by atoms with E-state index in [1.807, 2.05) is 80.5 Å². The maximum atomic E-state index is 12.7. The van der Waals surface area contributed by atoms with Crippen LogP contribution in [0.2, 0.25) is 0 Å². The number of nitrogens with zero attached hydrogens (tertiary/aromatic N) is 2. The zero-order chi connectivity index (χ0) is 20.0. The molecular formula is C24H26Cl2N2O2. The van der Waals surface area contributed by atoms with E-state index in [2.05, 4.69) is 6.07 Å². The Morgan fingerprint density at radius 2 is 1.30 bits per heavy atom. The molecule has 158 valence electrons. The summed E-state index contributed by atoms with van der Waals surface area (Å²) < 4.78 is 0. The lowest BCUT2D eigenvalue weighted by Crippen LogP contribution is -2.21. The summed E-state index contributed by atoms with van der Waals surface area (Å²) in [5.74, 6) is 0.226. The fourth-order valence-electron chi connectivity index (χ4n) is 4.03. The predicted octanol–water partition coefficient (Wildman–Crippen LogP) is 4.82. The normalized spacial score (nSPS) is 11.3. The lowest BCUT2D eigenvalue weighted by molar-refractivity contribution is 0.0950. The van der Waals surface area contributed by atoms with E-state index < -0.39 is 0 Å². The summed E-state index contributed by atoms with van der Waals surface area (Å²) >= 11 is 0.